The van der Waals surface area contributed by atoms with E-state index >= 15 is 0 Å². The van der Waals surface area contributed by atoms with Gasteiger partial charge in [0, 0.05) is 26.2 Å². The fourth-order valence-corrected chi connectivity index (χ4v) is 3.50. The van der Waals surface area contributed by atoms with Gasteiger partial charge in [0.1, 0.15) is 0 Å². The van der Waals surface area contributed by atoms with Crippen LogP contribution in [0.2, 0.25) is 0 Å². The van der Waals surface area contributed by atoms with Crippen molar-refractivity contribution in [2.45, 2.75) is 25.4 Å². The number of rotatable bonds is 4. The topological polar surface area (TPSA) is 84.7 Å². The summed E-state index contributed by atoms with van der Waals surface area (Å²) in [5.41, 5.74) is 7.57. The lowest BCUT2D eigenvalue weighted by Gasteiger charge is -2.35. The van der Waals surface area contributed by atoms with Crippen molar-refractivity contribution in [2.24, 2.45) is 11.7 Å². The van der Waals surface area contributed by atoms with Crippen molar-refractivity contribution in [1.82, 2.24) is 10.2 Å². The first-order chi connectivity index (χ1) is 11.7. The highest BCUT2D eigenvalue weighted by Gasteiger charge is 2.34. The zero-order chi connectivity index (χ0) is 16.9. The van der Waals surface area contributed by atoms with E-state index in [2.05, 4.69) is 11.4 Å². The molecule has 138 valence electrons. The van der Waals surface area contributed by atoms with Crippen LogP contribution in [0.25, 0.3) is 0 Å². The Labute approximate surface area is 154 Å². The average molecular weight is 368 g/mol. The summed E-state index contributed by atoms with van der Waals surface area (Å²) in [5.74, 6) is -0.200. The molecule has 2 amide bonds. The summed E-state index contributed by atoms with van der Waals surface area (Å²) in [6.45, 7) is 2.59. The summed E-state index contributed by atoms with van der Waals surface area (Å²) in [6.07, 6.45) is 1.94. The van der Waals surface area contributed by atoms with Crippen molar-refractivity contribution in [1.29, 1.82) is 0 Å². The standard InChI is InChI=1S/C18H25N3O3.ClH/c19-8-9-20-17(22)14-5-3-10-21(12-14)18(23)16-15-6-2-1-4-13(15)7-11-24-16;/h1-2,4,6,14,16H,3,5,7-12,19H2,(H,20,22);1H. The molecule has 1 aromatic carbocycles. The molecular formula is C18H26ClN3O3. The summed E-state index contributed by atoms with van der Waals surface area (Å²) >= 11 is 0. The van der Waals surface area contributed by atoms with Crippen LogP contribution in [0, 0.1) is 5.92 Å². The molecule has 25 heavy (non-hydrogen) atoms. The first kappa shape index (κ1) is 19.7. The van der Waals surface area contributed by atoms with Crippen molar-refractivity contribution in [2.75, 3.05) is 32.8 Å². The van der Waals surface area contributed by atoms with Crippen LogP contribution in [-0.2, 0) is 20.7 Å². The van der Waals surface area contributed by atoms with E-state index in [1.807, 2.05) is 18.2 Å². The zero-order valence-electron chi connectivity index (χ0n) is 14.3. The van der Waals surface area contributed by atoms with Gasteiger partial charge in [0.25, 0.3) is 5.91 Å². The van der Waals surface area contributed by atoms with Crippen molar-refractivity contribution < 1.29 is 14.3 Å². The molecular weight excluding hydrogens is 342 g/mol. The Bertz CT molecular complexity index is 611. The van der Waals surface area contributed by atoms with Crippen molar-refractivity contribution >= 4 is 24.2 Å². The van der Waals surface area contributed by atoms with Gasteiger partial charge in [-0.05, 0) is 30.4 Å². The maximum atomic E-state index is 12.9. The molecule has 0 aliphatic carbocycles. The number of hydrogen-bond acceptors (Lipinski definition) is 4. The van der Waals surface area contributed by atoms with E-state index < -0.39 is 6.10 Å². The van der Waals surface area contributed by atoms with Gasteiger partial charge in [-0.3, -0.25) is 9.59 Å². The van der Waals surface area contributed by atoms with Gasteiger partial charge in [-0.25, -0.2) is 0 Å². The Morgan fingerprint density at radius 3 is 2.92 bits per heavy atom. The van der Waals surface area contributed by atoms with E-state index in [4.69, 9.17) is 10.5 Å². The molecule has 2 atom stereocenters. The molecule has 2 unspecified atom stereocenters. The van der Waals surface area contributed by atoms with Crippen LogP contribution >= 0.6 is 12.4 Å². The lowest BCUT2D eigenvalue weighted by atomic mass is 9.94. The number of hydrogen-bond donors (Lipinski definition) is 2. The summed E-state index contributed by atoms with van der Waals surface area (Å²) in [7, 11) is 0. The van der Waals surface area contributed by atoms with Crippen LogP contribution in [0.4, 0.5) is 0 Å². The zero-order valence-corrected chi connectivity index (χ0v) is 15.1. The molecule has 0 saturated carbocycles. The molecule has 0 aromatic heterocycles. The lowest BCUT2D eigenvalue weighted by molar-refractivity contribution is -0.148. The Morgan fingerprint density at radius 1 is 1.32 bits per heavy atom. The number of amides is 2. The fraction of sp³-hybridized carbons (Fsp3) is 0.556. The fourth-order valence-electron chi connectivity index (χ4n) is 3.50. The second kappa shape index (κ2) is 9.17. The molecule has 1 fully saturated rings. The number of carbonyl (C=O) groups excluding carboxylic acids is 2. The van der Waals surface area contributed by atoms with Crippen molar-refractivity contribution in [3.8, 4) is 0 Å². The normalized spacial score (nSPS) is 22.5. The number of fused-ring (bicyclic) bond motifs is 1. The molecule has 6 nitrogen and oxygen atoms in total. The maximum Gasteiger partial charge on any atom is 0.256 e. The lowest BCUT2D eigenvalue weighted by Crippen LogP contribution is -2.48. The van der Waals surface area contributed by atoms with E-state index in [-0.39, 0.29) is 30.1 Å². The van der Waals surface area contributed by atoms with E-state index in [1.54, 1.807) is 4.90 Å². The van der Waals surface area contributed by atoms with Crippen LogP contribution in [0.5, 0.6) is 0 Å². The number of nitrogens with one attached hydrogen (secondary N) is 1. The summed E-state index contributed by atoms with van der Waals surface area (Å²) in [4.78, 5) is 26.9. The Hall–Kier alpha value is -1.63. The van der Waals surface area contributed by atoms with Crippen molar-refractivity contribution in [3.63, 3.8) is 0 Å². The minimum atomic E-state index is -0.541. The Balaban J connectivity index is 0.00000225. The first-order valence-corrected chi connectivity index (χ1v) is 8.66. The molecule has 2 aliphatic heterocycles. The molecule has 2 aliphatic rings. The Morgan fingerprint density at radius 2 is 2.12 bits per heavy atom. The van der Waals surface area contributed by atoms with Crippen LogP contribution in [0.1, 0.15) is 30.1 Å². The SMILES string of the molecule is Cl.NCCNC(=O)C1CCCN(C(=O)C2OCCc3ccccc32)C1. The highest BCUT2D eigenvalue weighted by Crippen LogP contribution is 2.30. The van der Waals surface area contributed by atoms with Crippen LogP contribution in [0.15, 0.2) is 24.3 Å². The third kappa shape index (κ3) is 4.51. The third-order valence-electron chi connectivity index (χ3n) is 4.77. The van der Waals surface area contributed by atoms with E-state index in [0.29, 0.717) is 32.8 Å². The highest BCUT2D eigenvalue weighted by atomic mass is 35.5. The van der Waals surface area contributed by atoms with Gasteiger partial charge in [0.2, 0.25) is 5.91 Å². The summed E-state index contributed by atoms with van der Waals surface area (Å²) in [6, 6.07) is 7.95. The number of piperidine rings is 1. The number of benzene rings is 1. The third-order valence-corrected chi connectivity index (χ3v) is 4.77. The first-order valence-electron chi connectivity index (χ1n) is 8.66. The second-order valence-corrected chi connectivity index (χ2v) is 6.40. The number of likely N-dealkylation sites (tertiary alicyclic amines) is 1. The molecule has 7 heteroatoms. The van der Waals surface area contributed by atoms with Gasteiger partial charge in [-0.1, -0.05) is 24.3 Å². The second-order valence-electron chi connectivity index (χ2n) is 6.40. The minimum absolute atomic E-state index is 0. The monoisotopic (exact) mass is 367 g/mol. The van der Waals surface area contributed by atoms with Gasteiger partial charge in [0.05, 0.1) is 12.5 Å². The van der Waals surface area contributed by atoms with Crippen LogP contribution in [0.3, 0.4) is 0 Å². The number of ether oxygens (including phenoxy) is 1. The largest absolute Gasteiger partial charge is 0.363 e. The number of nitrogens with two attached hydrogens (primary N) is 1. The maximum absolute atomic E-state index is 12.9. The molecule has 0 spiro atoms. The molecule has 1 saturated heterocycles. The quantitative estimate of drug-likeness (QED) is 0.832. The van der Waals surface area contributed by atoms with Crippen LogP contribution < -0.4 is 11.1 Å². The molecule has 2 heterocycles. The minimum Gasteiger partial charge on any atom is -0.363 e. The molecule has 0 radical (unpaired) electrons. The van der Waals surface area contributed by atoms with Gasteiger partial charge in [-0.2, -0.15) is 0 Å². The molecule has 1 aromatic rings. The predicted octanol–water partition coefficient (Wildman–Crippen LogP) is 1.04. The molecule has 3 rings (SSSR count). The van der Waals surface area contributed by atoms with Gasteiger partial charge in [0.15, 0.2) is 6.10 Å². The van der Waals surface area contributed by atoms with Gasteiger partial charge >= 0.3 is 0 Å². The highest BCUT2D eigenvalue weighted by molar-refractivity contribution is 5.85. The average Bonchev–Trinajstić information content (AvgIpc) is 2.65. The molecule has 3 N–H and O–H groups in total. The van der Waals surface area contributed by atoms with Gasteiger partial charge in [-0.15, -0.1) is 12.4 Å². The van der Waals surface area contributed by atoms with E-state index in [9.17, 15) is 9.59 Å². The van der Waals surface area contributed by atoms with Crippen molar-refractivity contribution in [3.05, 3.63) is 35.4 Å². The summed E-state index contributed by atoms with van der Waals surface area (Å²) in [5, 5.41) is 2.82. The Kier molecular flexibility index (Phi) is 7.23. The predicted molar refractivity (Wildman–Crippen MR) is 97.5 cm³/mol. The summed E-state index contributed by atoms with van der Waals surface area (Å²) < 4.78 is 5.77. The van der Waals surface area contributed by atoms with Gasteiger partial charge < -0.3 is 20.7 Å². The molecule has 0 bridgehead atoms. The number of halogens is 1. The smallest absolute Gasteiger partial charge is 0.256 e. The van der Waals surface area contributed by atoms with Crippen LogP contribution in [-0.4, -0.2) is 49.5 Å². The van der Waals surface area contributed by atoms with E-state index in [1.165, 1.54) is 5.56 Å². The van der Waals surface area contributed by atoms with E-state index in [0.717, 1.165) is 24.8 Å². The number of carbonyl (C=O) groups is 2. The number of nitrogens with zero attached hydrogens (tertiary/aromatic N) is 1.